The fraction of sp³-hybridized carbons (Fsp3) is 0.444. The first-order valence-electron chi connectivity index (χ1n) is 8.30. The average molecular weight is 327 g/mol. The van der Waals surface area contributed by atoms with Gasteiger partial charge in [-0.2, -0.15) is 5.10 Å². The Hall–Kier alpha value is -2.18. The van der Waals surface area contributed by atoms with Crippen LogP contribution in [0.4, 0.5) is 0 Å². The van der Waals surface area contributed by atoms with Crippen molar-refractivity contribution in [3.8, 4) is 5.69 Å². The van der Waals surface area contributed by atoms with E-state index in [1.807, 2.05) is 60.3 Å². The van der Waals surface area contributed by atoms with Gasteiger partial charge in [-0.1, -0.05) is 12.1 Å². The molecule has 1 aromatic heterocycles. The minimum absolute atomic E-state index is 0.0864. The quantitative estimate of drug-likeness (QED) is 0.850. The van der Waals surface area contributed by atoms with Gasteiger partial charge in [-0.15, -0.1) is 0 Å². The van der Waals surface area contributed by atoms with E-state index in [1.165, 1.54) is 0 Å². The molecule has 24 heavy (non-hydrogen) atoms. The molecule has 0 bridgehead atoms. The molecule has 0 atom stereocenters. The summed E-state index contributed by atoms with van der Waals surface area (Å²) in [5, 5.41) is 4.45. The Bertz CT molecular complexity index is 701. The molecule has 2 aromatic rings. The standard InChI is InChI=1S/C18H25N5O/c1-20(2)13-15-12-19-23(14-15)17-7-5-4-6-16(17)18(24)22-10-8-21(3)9-11-22/h4-7,12,14H,8-11,13H2,1-3H3. The van der Waals surface area contributed by atoms with Gasteiger partial charge in [-0.05, 0) is 33.3 Å². The molecule has 0 saturated carbocycles. The van der Waals surface area contributed by atoms with E-state index in [-0.39, 0.29) is 5.91 Å². The molecule has 0 radical (unpaired) electrons. The number of hydrogen-bond donors (Lipinski definition) is 0. The number of nitrogens with zero attached hydrogens (tertiary/aromatic N) is 5. The first-order chi connectivity index (χ1) is 11.5. The Morgan fingerprint density at radius 1 is 1.17 bits per heavy atom. The molecule has 3 rings (SSSR count). The lowest BCUT2D eigenvalue weighted by Gasteiger charge is -2.32. The van der Waals surface area contributed by atoms with Gasteiger partial charge in [0.2, 0.25) is 0 Å². The molecule has 6 nitrogen and oxygen atoms in total. The summed E-state index contributed by atoms with van der Waals surface area (Å²) in [6.07, 6.45) is 3.85. The van der Waals surface area contributed by atoms with Gasteiger partial charge in [0.15, 0.2) is 0 Å². The molecule has 0 unspecified atom stereocenters. The number of piperazine rings is 1. The average Bonchev–Trinajstić information content (AvgIpc) is 3.02. The molecule has 1 fully saturated rings. The molecule has 1 saturated heterocycles. The van der Waals surface area contributed by atoms with E-state index < -0.39 is 0 Å². The van der Waals surface area contributed by atoms with Crippen LogP contribution in [0.3, 0.4) is 0 Å². The number of benzene rings is 1. The fourth-order valence-corrected chi connectivity index (χ4v) is 2.97. The molecule has 1 aliphatic rings. The third-order valence-corrected chi connectivity index (χ3v) is 4.31. The van der Waals surface area contributed by atoms with Gasteiger partial charge < -0.3 is 14.7 Å². The fourth-order valence-electron chi connectivity index (χ4n) is 2.97. The third-order valence-electron chi connectivity index (χ3n) is 4.31. The van der Waals surface area contributed by atoms with Gasteiger partial charge in [-0.3, -0.25) is 4.79 Å². The molecule has 1 aromatic carbocycles. The molecule has 0 N–H and O–H groups in total. The second-order valence-corrected chi connectivity index (χ2v) is 6.64. The highest BCUT2D eigenvalue weighted by Gasteiger charge is 2.23. The van der Waals surface area contributed by atoms with Crippen LogP contribution in [0.25, 0.3) is 5.69 Å². The second kappa shape index (κ2) is 7.15. The molecular weight excluding hydrogens is 302 g/mol. The lowest BCUT2D eigenvalue weighted by molar-refractivity contribution is 0.0664. The van der Waals surface area contributed by atoms with E-state index in [9.17, 15) is 4.79 Å². The summed E-state index contributed by atoms with van der Waals surface area (Å²) in [7, 11) is 6.15. The number of carbonyl (C=O) groups excluding carboxylic acids is 1. The van der Waals surface area contributed by atoms with E-state index in [0.717, 1.165) is 44.0 Å². The van der Waals surface area contributed by atoms with Crippen molar-refractivity contribution in [2.24, 2.45) is 0 Å². The highest BCUT2D eigenvalue weighted by Crippen LogP contribution is 2.18. The zero-order chi connectivity index (χ0) is 17.1. The van der Waals surface area contributed by atoms with Crippen LogP contribution in [-0.2, 0) is 6.54 Å². The van der Waals surface area contributed by atoms with Crippen molar-refractivity contribution in [1.29, 1.82) is 0 Å². The molecule has 1 amide bonds. The van der Waals surface area contributed by atoms with Crippen molar-refractivity contribution >= 4 is 5.91 Å². The van der Waals surface area contributed by atoms with Gasteiger partial charge in [0.25, 0.3) is 5.91 Å². The Kier molecular flexibility index (Phi) is 4.97. The number of aromatic nitrogens is 2. The molecule has 1 aliphatic heterocycles. The van der Waals surface area contributed by atoms with E-state index in [1.54, 1.807) is 0 Å². The summed E-state index contributed by atoms with van der Waals surface area (Å²) in [6.45, 7) is 4.21. The van der Waals surface area contributed by atoms with Crippen LogP contribution in [0.2, 0.25) is 0 Å². The van der Waals surface area contributed by atoms with Gasteiger partial charge >= 0.3 is 0 Å². The maximum Gasteiger partial charge on any atom is 0.256 e. The summed E-state index contributed by atoms with van der Waals surface area (Å²) in [5.74, 6) is 0.0864. The number of carbonyl (C=O) groups is 1. The Morgan fingerprint density at radius 3 is 2.58 bits per heavy atom. The number of rotatable bonds is 4. The predicted molar refractivity (Wildman–Crippen MR) is 94.4 cm³/mol. The molecule has 128 valence electrons. The summed E-state index contributed by atoms with van der Waals surface area (Å²) in [5.41, 5.74) is 2.68. The van der Waals surface area contributed by atoms with Gasteiger partial charge in [0.05, 0.1) is 17.4 Å². The lowest BCUT2D eigenvalue weighted by atomic mass is 10.1. The van der Waals surface area contributed by atoms with Crippen molar-refractivity contribution in [2.75, 3.05) is 47.3 Å². The van der Waals surface area contributed by atoms with Crippen LogP contribution in [0.5, 0.6) is 0 Å². The number of likely N-dealkylation sites (N-methyl/N-ethyl adjacent to an activating group) is 1. The molecular formula is C18H25N5O. The SMILES string of the molecule is CN(C)Cc1cnn(-c2ccccc2C(=O)N2CCN(C)CC2)c1. The Labute approximate surface area is 143 Å². The molecule has 0 spiro atoms. The highest BCUT2D eigenvalue weighted by molar-refractivity contribution is 5.97. The predicted octanol–water partition coefficient (Wildman–Crippen LogP) is 1.32. The van der Waals surface area contributed by atoms with Gasteiger partial charge in [-0.25, -0.2) is 4.68 Å². The maximum absolute atomic E-state index is 12.9. The summed E-state index contributed by atoms with van der Waals surface area (Å²) >= 11 is 0. The van der Waals surface area contributed by atoms with Gasteiger partial charge in [0, 0.05) is 44.5 Å². The lowest BCUT2D eigenvalue weighted by Crippen LogP contribution is -2.47. The normalized spacial score (nSPS) is 15.9. The topological polar surface area (TPSA) is 44.6 Å². The zero-order valence-corrected chi connectivity index (χ0v) is 14.6. The van der Waals surface area contributed by atoms with Crippen LogP contribution < -0.4 is 0 Å². The third kappa shape index (κ3) is 3.66. The molecule has 0 aliphatic carbocycles. The van der Waals surface area contributed by atoms with Crippen molar-refractivity contribution in [1.82, 2.24) is 24.5 Å². The van der Waals surface area contributed by atoms with Crippen molar-refractivity contribution in [2.45, 2.75) is 6.54 Å². The summed E-state index contributed by atoms with van der Waals surface area (Å²) < 4.78 is 1.81. The largest absolute Gasteiger partial charge is 0.336 e. The van der Waals surface area contributed by atoms with Crippen LogP contribution in [0.1, 0.15) is 15.9 Å². The monoisotopic (exact) mass is 327 g/mol. The minimum Gasteiger partial charge on any atom is -0.336 e. The zero-order valence-electron chi connectivity index (χ0n) is 14.6. The van der Waals surface area contributed by atoms with E-state index >= 15 is 0 Å². The maximum atomic E-state index is 12.9. The minimum atomic E-state index is 0.0864. The van der Waals surface area contributed by atoms with Gasteiger partial charge in [0.1, 0.15) is 0 Å². The first-order valence-corrected chi connectivity index (χ1v) is 8.30. The number of para-hydroxylation sites is 1. The van der Waals surface area contributed by atoms with Crippen molar-refractivity contribution in [3.63, 3.8) is 0 Å². The number of amides is 1. The Morgan fingerprint density at radius 2 is 1.88 bits per heavy atom. The first kappa shape index (κ1) is 16.7. The summed E-state index contributed by atoms with van der Waals surface area (Å²) in [6, 6.07) is 7.71. The van der Waals surface area contributed by atoms with E-state index in [2.05, 4.69) is 21.9 Å². The van der Waals surface area contributed by atoms with Crippen LogP contribution in [-0.4, -0.2) is 77.7 Å². The van der Waals surface area contributed by atoms with Crippen LogP contribution in [0.15, 0.2) is 36.7 Å². The summed E-state index contributed by atoms with van der Waals surface area (Å²) in [4.78, 5) is 19.2. The van der Waals surface area contributed by atoms with Crippen molar-refractivity contribution in [3.05, 3.63) is 47.8 Å². The van der Waals surface area contributed by atoms with E-state index in [0.29, 0.717) is 5.56 Å². The number of hydrogen-bond acceptors (Lipinski definition) is 4. The van der Waals surface area contributed by atoms with Crippen LogP contribution >= 0.6 is 0 Å². The highest BCUT2D eigenvalue weighted by atomic mass is 16.2. The molecule has 6 heteroatoms. The van der Waals surface area contributed by atoms with Crippen LogP contribution in [0, 0.1) is 0 Å². The van der Waals surface area contributed by atoms with E-state index in [4.69, 9.17) is 0 Å². The Balaban J connectivity index is 1.85. The van der Waals surface area contributed by atoms with Crippen molar-refractivity contribution < 1.29 is 4.79 Å². The molecule has 2 heterocycles. The smallest absolute Gasteiger partial charge is 0.256 e. The second-order valence-electron chi connectivity index (χ2n) is 6.64.